The first-order valence-corrected chi connectivity index (χ1v) is 9.34. The Morgan fingerprint density at radius 1 is 1.30 bits per heavy atom. The third kappa shape index (κ3) is 3.88. The minimum absolute atomic E-state index is 0.217. The van der Waals surface area contributed by atoms with Gasteiger partial charge in [0.25, 0.3) is 0 Å². The standard InChI is InChI=1S/C15H14BrFN2O3S/c16-14-5-2-6-18-15(14)22-13-8-19(9-13)23(20,21)10-11-3-1-4-12(17)7-11/h1-7,13H,8-10H2. The van der Waals surface area contributed by atoms with Crippen molar-refractivity contribution >= 4 is 26.0 Å². The summed E-state index contributed by atoms with van der Waals surface area (Å²) in [5.41, 5.74) is 0.432. The fourth-order valence-electron chi connectivity index (χ4n) is 2.25. The Hall–Kier alpha value is -1.51. The Kier molecular flexibility index (Phi) is 4.65. The maximum Gasteiger partial charge on any atom is 0.228 e. The second kappa shape index (κ2) is 6.54. The molecule has 1 fully saturated rings. The smallest absolute Gasteiger partial charge is 0.228 e. The van der Waals surface area contributed by atoms with Gasteiger partial charge in [-0.15, -0.1) is 0 Å². The lowest BCUT2D eigenvalue weighted by atomic mass is 10.2. The molecule has 1 aliphatic rings. The van der Waals surface area contributed by atoms with Gasteiger partial charge < -0.3 is 4.74 Å². The van der Waals surface area contributed by atoms with Crippen molar-refractivity contribution in [1.82, 2.24) is 9.29 Å². The molecule has 1 aliphatic heterocycles. The predicted molar refractivity (Wildman–Crippen MR) is 86.9 cm³/mol. The number of ether oxygens (including phenoxy) is 1. The van der Waals surface area contributed by atoms with Gasteiger partial charge in [-0.25, -0.2) is 17.8 Å². The molecular weight excluding hydrogens is 387 g/mol. The Balaban J connectivity index is 1.59. The molecule has 1 aromatic heterocycles. The summed E-state index contributed by atoms with van der Waals surface area (Å²) in [5.74, 6) is -0.215. The van der Waals surface area contributed by atoms with Crippen LogP contribution in [0.1, 0.15) is 5.56 Å². The maximum atomic E-state index is 13.1. The molecule has 1 saturated heterocycles. The summed E-state index contributed by atoms with van der Waals surface area (Å²) in [4.78, 5) is 4.09. The van der Waals surface area contributed by atoms with E-state index in [1.807, 2.05) is 0 Å². The van der Waals surface area contributed by atoms with Gasteiger partial charge in [0.2, 0.25) is 15.9 Å². The largest absolute Gasteiger partial charge is 0.471 e. The molecule has 0 N–H and O–H groups in total. The average molecular weight is 401 g/mol. The number of rotatable bonds is 5. The van der Waals surface area contributed by atoms with Gasteiger partial charge in [0.05, 0.1) is 23.3 Å². The van der Waals surface area contributed by atoms with Crippen LogP contribution in [-0.2, 0) is 15.8 Å². The fourth-order valence-corrected chi connectivity index (χ4v) is 4.17. The van der Waals surface area contributed by atoms with E-state index in [1.54, 1.807) is 24.4 Å². The molecule has 0 amide bonds. The molecule has 2 heterocycles. The Morgan fingerprint density at radius 2 is 2.09 bits per heavy atom. The summed E-state index contributed by atoms with van der Waals surface area (Å²) in [6.07, 6.45) is 1.38. The van der Waals surface area contributed by atoms with Crippen molar-refractivity contribution in [3.63, 3.8) is 0 Å². The van der Waals surface area contributed by atoms with Crippen LogP contribution >= 0.6 is 15.9 Å². The summed E-state index contributed by atoms with van der Waals surface area (Å²) in [5, 5.41) is 0. The van der Waals surface area contributed by atoms with Crippen molar-refractivity contribution in [3.05, 3.63) is 58.4 Å². The molecule has 23 heavy (non-hydrogen) atoms. The van der Waals surface area contributed by atoms with E-state index in [9.17, 15) is 12.8 Å². The van der Waals surface area contributed by atoms with Crippen LogP contribution in [-0.4, -0.2) is 36.9 Å². The van der Waals surface area contributed by atoms with E-state index < -0.39 is 15.8 Å². The molecule has 5 nitrogen and oxygen atoms in total. The van der Waals surface area contributed by atoms with Crippen LogP contribution in [0.5, 0.6) is 5.88 Å². The lowest BCUT2D eigenvalue weighted by Gasteiger charge is -2.37. The van der Waals surface area contributed by atoms with Crippen molar-refractivity contribution in [2.45, 2.75) is 11.9 Å². The Morgan fingerprint density at radius 3 is 2.78 bits per heavy atom. The number of hydrogen-bond donors (Lipinski definition) is 0. The summed E-state index contributed by atoms with van der Waals surface area (Å²) in [6, 6.07) is 9.19. The number of aromatic nitrogens is 1. The highest BCUT2D eigenvalue weighted by Gasteiger charge is 2.37. The molecular formula is C15H14BrFN2O3S. The molecule has 0 aliphatic carbocycles. The van der Waals surface area contributed by atoms with E-state index in [0.717, 1.165) is 4.47 Å². The number of sulfonamides is 1. The van der Waals surface area contributed by atoms with E-state index in [4.69, 9.17) is 4.74 Å². The highest BCUT2D eigenvalue weighted by atomic mass is 79.9. The van der Waals surface area contributed by atoms with Gasteiger partial charge in [-0.05, 0) is 45.8 Å². The lowest BCUT2D eigenvalue weighted by molar-refractivity contribution is 0.0712. The summed E-state index contributed by atoms with van der Waals surface area (Å²) in [6.45, 7) is 0.529. The first kappa shape index (κ1) is 16.4. The molecule has 0 spiro atoms. The van der Waals surface area contributed by atoms with E-state index >= 15 is 0 Å². The zero-order valence-corrected chi connectivity index (χ0v) is 14.4. The van der Waals surface area contributed by atoms with Gasteiger partial charge in [-0.1, -0.05) is 12.1 Å². The summed E-state index contributed by atoms with van der Waals surface area (Å²) >= 11 is 3.33. The Bertz CT molecular complexity index is 810. The molecule has 0 saturated carbocycles. The number of benzene rings is 1. The minimum atomic E-state index is -3.47. The second-order valence-electron chi connectivity index (χ2n) is 5.23. The Labute approximate surface area is 142 Å². The van der Waals surface area contributed by atoms with Gasteiger partial charge in [0.15, 0.2) is 0 Å². The summed E-state index contributed by atoms with van der Waals surface area (Å²) in [7, 11) is -3.47. The van der Waals surface area contributed by atoms with Gasteiger partial charge >= 0.3 is 0 Å². The number of hydrogen-bond acceptors (Lipinski definition) is 4. The van der Waals surface area contributed by atoms with Crippen molar-refractivity contribution < 1.29 is 17.5 Å². The average Bonchev–Trinajstić information content (AvgIpc) is 2.43. The molecule has 0 atom stereocenters. The van der Waals surface area contributed by atoms with Crippen LogP contribution in [0.15, 0.2) is 47.1 Å². The molecule has 122 valence electrons. The van der Waals surface area contributed by atoms with Gasteiger partial charge in [-0.3, -0.25) is 0 Å². The van der Waals surface area contributed by atoms with Crippen molar-refractivity contribution in [2.75, 3.05) is 13.1 Å². The monoisotopic (exact) mass is 400 g/mol. The normalized spacial score (nSPS) is 16.1. The lowest BCUT2D eigenvalue weighted by Crippen LogP contribution is -2.56. The second-order valence-corrected chi connectivity index (χ2v) is 8.06. The van der Waals surface area contributed by atoms with Crippen LogP contribution in [0.2, 0.25) is 0 Å². The quantitative estimate of drug-likeness (QED) is 0.773. The molecule has 3 rings (SSSR count). The third-order valence-electron chi connectivity index (χ3n) is 3.45. The minimum Gasteiger partial charge on any atom is -0.471 e. The van der Waals surface area contributed by atoms with Crippen LogP contribution < -0.4 is 4.74 Å². The van der Waals surface area contributed by atoms with Crippen LogP contribution in [0.3, 0.4) is 0 Å². The van der Waals surface area contributed by atoms with Crippen molar-refractivity contribution in [2.24, 2.45) is 0 Å². The zero-order valence-electron chi connectivity index (χ0n) is 12.0. The van der Waals surface area contributed by atoms with E-state index in [1.165, 1.54) is 22.5 Å². The molecule has 0 radical (unpaired) electrons. The van der Waals surface area contributed by atoms with Crippen LogP contribution in [0, 0.1) is 5.82 Å². The first-order valence-electron chi connectivity index (χ1n) is 6.93. The predicted octanol–water partition coefficient (Wildman–Crippen LogP) is 2.58. The van der Waals surface area contributed by atoms with E-state index in [2.05, 4.69) is 20.9 Å². The highest BCUT2D eigenvalue weighted by molar-refractivity contribution is 9.10. The fraction of sp³-hybridized carbons (Fsp3) is 0.267. The number of halogens is 2. The molecule has 2 aromatic rings. The highest BCUT2D eigenvalue weighted by Crippen LogP contribution is 2.26. The van der Waals surface area contributed by atoms with Gasteiger partial charge in [-0.2, -0.15) is 4.31 Å². The summed E-state index contributed by atoms with van der Waals surface area (Å²) < 4.78 is 45.4. The third-order valence-corrected chi connectivity index (χ3v) is 5.84. The van der Waals surface area contributed by atoms with Crippen LogP contribution in [0.25, 0.3) is 0 Å². The van der Waals surface area contributed by atoms with Crippen molar-refractivity contribution in [3.8, 4) is 5.88 Å². The van der Waals surface area contributed by atoms with E-state index in [-0.39, 0.29) is 24.9 Å². The molecule has 8 heteroatoms. The van der Waals surface area contributed by atoms with E-state index in [0.29, 0.717) is 11.4 Å². The molecule has 0 unspecified atom stereocenters. The van der Waals surface area contributed by atoms with Gasteiger partial charge in [0, 0.05) is 6.20 Å². The topological polar surface area (TPSA) is 59.5 Å². The van der Waals surface area contributed by atoms with Crippen LogP contribution in [0.4, 0.5) is 4.39 Å². The zero-order chi connectivity index (χ0) is 16.4. The van der Waals surface area contributed by atoms with Crippen molar-refractivity contribution in [1.29, 1.82) is 0 Å². The maximum absolute atomic E-state index is 13.1. The molecule has 0 bridgehead atoms. The molecule has 1 aromatic carbocycles. The number of nitrogens with zero attached hydrogens (tertiary/aromatic N) is 2. The number of pyridine rings is 1. The van der Waals surface area contributed by atoms with Gasteiger partial charge in [0.1, 0.15) is 11.9 Å². The first-order chi connectivity index (χ1) is 10.9. The SMILES string of the molecule is O=S(=O)(Cc1cccc(F)c1)N1CC(Oc2ncccc2Br)C1.